The summed E-state index contributed by atoms with van der Waals surface area (Å²) in [5.74, 6) is -1.67. The molecule has 1 aromatic heterocycles. The maximum Gasteiger partial charge on any atom is 0.261 e. The molecule has 0 bridgehead atoms. The van der Waals surface area contributed by atoms with Crippen molar-refractivity contribution in [2.24, 2.45) is 0 Å². The zero-order valence-electron chi connectivity index (χ0n) is 15.5. The third-order valence-electron chi connectivity index (χ3n) is 5.93. The molecule has 4 nitrogen and oxygen atoms in total. The number of carbonyl (C=O) groups is 1. The third-order valence-corrected chi connectivity index (χ3v) is 6.48. The molecule has 0 aliphatic carbocycles. The molecule has 152 valence electrons. The number of halogens is 4. The predicted octanol–water partition coefficient (Wildman–Crippen LogP) is 4.89. The van der Waals surface area contributed by atoms with Crippen LogP contribution in [0, 0.1) is 11.6 Å². The Morgan fingerprint density at radius 3 is 2.69 bits per heavy atom. The average Bonchev–Trinajstić information content (AvgIpc) is 2.94. The van der Waals surface area contributed by atoms with Crippen LogP contribution in [0.5, 0.6) is 0 Å². The van der Waals surface area contributed by atoms with E-state index in [-0.39, 0.29) is 22.6 Å². The second kappa shape index (κ2) is 7.67. The second-order valence-electron chi connectivity index (χ2n) is 7.38. The van der Waals surface area contributed by atoms with E-state index in [1.807, 2.05) is 0 Å². The molecule has 0 saturated carbocycles. The summed E-state index contributed by atoms with van der Waals surface area (Å²) in [6.45, 7) is 5.36. The average molecular weight is 438 g/mol. The summed E-state index contributed by atoms with van der Waals surface area (Å²) in [6.07, 6.45) is 3.74. The molecule has 2 aliphatic rings. The first kappa shape index (κ1) is 20.3. The summed E-state index contributed by atoms with van der Waals surface area (Å²) >= 11 is 11.8. The lowest BCUT2D eigenvalue weighted by Gasteiger charge is -2.41. The highest BCUT2D eigenvalue weighted by molar-refractivity contribution is 6.35. The minimum Gasteiger partial charge on any atom is -0.317 e. The summed E-state index contributed by atoms with van der Waals surface area (Å²) in [5, 5.41) is 2.76. The van der Waals surface area contributed by atoms with E-state index in [0.717, 1.165) is 37.6 Å². The van der Waals surface area contributed by atoms with E-state index < -0.39 is 22.3 Å². The van der Waals surface area contributed by atoms with Crippen molar-refractivity contribution in [1.29, 1.82) is 0 Å². The maximum absolute atomic E-state index is 14.2. The fourth-order valence-electron chi connectivity index (χ4n) is 4.65. The number of pyridine rings is 1. The molecule has 1 atom stereocenters. The number of nitrogens with zero attached hydrogens (tertiary/aromatic N) is 2. The highest BCUT2D eigenvalue weighted by Crippen LogP contribution is 2.52. The van der Waals surface area contributed by atoms with Gasteiger partial charge in [-0.1, -0.05) is 29.3 Å². The standard InChI is InChI=1S/C21H19Cl2F2N3O/c1-2-3-17-21(6-8-26-9-7-21)14-10-12(24)4-5-16(14)28(17)20(29)13-11-15(25)19(23)27-18(13)22/h2,4-5,10-11,17,26H,1,3,6-9H2. The molecular formula is C21H19Cl2F2N3O. The fourth-order valence-corrected chi connectivity index (χ4v) is 5.05. The Morgan fingerprint density at radius 2 is 2.00 bits per heavy atom. The molecule has 1 fully saturated rings. The van der Waals surface area contributed by atoms with Gasteiger partial charge in [-0.15, -0.1) is 6.58 Å². The molecule has 2 aliphatic heterocycles. The Morgan fingerprint density at radius 1 is 1.28 bits per heavy atom. The summed E-state index contributed by atoms with van der Waals surface area (Å²) < 4.78 is 28.2. The maximum atomic E-state index is 14.2. The van der Waals surface area contributed by atoms with Crippen molar-refractivity contribution in [3.05, 3.63) is 70.0 Å². The minimum absolute atomic E-state index is 0.0797. The van der Waals surface area contributed by atoms with Crippen molar-refractivity contribution in [3.63, 3.8) is 0 Å². The van der Waals surface area contributed by atoms with Gasteiger partial charge < -0.3 is 10.2 Å². The molecule has 1 unspecified atom stereocenters. The Balaban J connectivity index is 1.89. The second-order valence-corrected chi connectivity index (χ2v) is 8.10. The molecule has 1 amide bonds. The number of amides is 1. The van der Waals surface area contributed by atoms with Crippen molar-refractivity contribution in [1.82, 2.24) is 10.3 Å². The van der Waals surface area contributed by atoms with E-state index in [0.29, 0.717) is 12.1 Å². The molecule has 8 heteroatoms. The first-order valence-corrected chi connectivity index (χ1v) is 10.1. The number of hydrogen-bond acceptors (Lipinski definition) is 3. The number of piperidine rings is 1. The van der Waals surface area contributed by atoms with Crippen LogP contribution < -0.4 is 10.2 Å². The number of hydrogen-bond donors (Lipinski definition) is 1. The highest BCUT2D eigenvalue weighted by Gasteiger charge is 2.52. The van der Waals surface area contributed by atoms with Gasteiger partial charge in [0.1, 0.15) is 11.0 Å². The zero-order chi connectivity index (χ0) is 20.8. The van der Waals surface area contributed by atoms with E-state index in [1.165, 1.54) is 12.1 Å². The molecule has 1 aromatic carbocycles. The predicted molar refractivity (Wildman–Crippen MR) is 110 cm³/mol. The van der Waals surface area contributed by atoms with Crippen LogP contribution in [-0.4, -0.2) is 30.0 Å². The SMILES string of the molecule is C=CCC1N(C(=O)c2cc(F)c(Cl)nc2Cl)c2ccc(F)cc2C12CCNCC2. The first-order valence-electron chi connectivity index (χ1n) is 9.36. The number of nitrogens with one attached hydrogen (secondary N) is 1. The van der Waals surface area contributed by atoms with Crippen LogP contribution in [0.3, 0.4) is 0 Å². The van der Waals surface area contributed by atoms with Gasteiger partial charge in [-0.25, -0.2) is 13.8 Å². The summed E-state index contributed by atoms with van der Waals surface area (Å²) in [4.78, 5) is 18.9. The highest BCUT2D eigenvalue weighted by atomic mass is 35.5. The number of aromatic nitrogens is 1. The third kappa shape index (κ3) is 3.23. The number of rotatable bonds is 3. The quantitative estimate of drug-likeness (QED) is 0.548. The molecule has 1 saturated heterocycles. The van der Waals surface area contributed by atoms with Crippen molar-refractivity contribution in [2.45, 2.75) is 30.7 Å². The van der Waals surface area contributed by atoms with Crippen LogP contribution in [0.2, 0.25) is 10.3 Å². The van der Waals surface area contributed by atoms with Crippen LogP contribution in [0.1, 0.15) is 35.2 Å². The Labute approximate surface area is 177 Å². The van der Waals surface area contributed by atoms with E-state index in [9.17, 15) is 13.6 Å². The number of carbonyl (C=O) groups excluding carboxylic acids is 1. The van der Waals surface area contributed by atoms with Gasteiger partial charge in [-0.2, -0.15) is 0 Å². The summed E-state index contributed by atoms with van der Waals surface area (Å²) in [7, 11) is 0. The molecule has 1 spiro atoms. The van der Waals surface area contributed by atoms with Gasteiger partial charge in [-0.05, 0) is 62.2 Å². The van der Waals surface area contributed by atoms with Crippen LogP contribution in [0.25, 0.3) is 0 Å². The van der Waals surface area contributed by atoms with Gasteiger partial charge in [0.25, 0.3) is 5.91 Å². The smallest absolute Gasteiger partial charge is 0.261 e. The Hall–Kier alpha value is -2.02. The number of benzene rings is 1. The molecule has 2 aromatic rings. The molecule has 1 N–H and O–H groups in total. The molecule has 3 heterocycles. The first-order chi connectivity index (χ1) is 13.9. The molecule has 29 heavy (non-hydrogen) atoms. The van der Waals surface area contributed by atoms with Gasteiger partial charge in [0, 0.05) is 11.1 Å². The Bertz CT molecular complexity index is 992. The van der Waals surface area contributed by atoms with Gasteiger partial charge in [-0.3, -0.25) is 4.79 Å². The van der Waals surface area contributed by atoms with Crippen molar-refractivity contribution in [3.8, 4) is 0 Å². The van der Waals surface area contributed by atoms with Crippen LogP contribution in [0.15, 0.2) is 36.9 Å². The lowest BCUT2D eigenvalue weighted by Crippen LogP contribution is -2.51. The van der Waals surface area contributed by atoms with E-state index >= 15 is 0 Å². The lowest BCUT2D eigenvalue weighted by atomic mass is 9.69. The van der Waals surface area contributed by atoms with Crippen LogP contribution in [0.4, 0.5) is 14.5 Å². The normalized spacial score (nSPS) is 20.0. The molecule has 0 radical (unpaired) electrons. The van der Waals surface area contributed by atoms with E-state index in [2.05, 4.69) is 16.9 Å². The largest absolute Gasteiger partial charge is 0.317 e. The van der Waals surface area contributed by atoms with Gasteiger partial charge in [0.15, 0.2) is 11.0 Å². The zero-order valence-corrected chi connectivity index (χ0v) is 17.0. The van der Waals surface area contributed by atoms with Crippen molar-refractivity contribution in [2.75, 3.05) is 18.0 Å². The van der Waals surface area contributed by atoms with Crippen molar-refractivity contribution >= 4 is 34.8 Å². The lowest BCUT2D eigenvalue weighted by molar-refractivity contribution is 0.0964. The van der Waals surface area contributed by atoms with E-state index in [1.54, 1.807) is 17.0 Å². The van der Waals surface area contributed by atoms with E-state index in [4.69, 9.17) is 23.2 Å². The Kier molecular flexibility index (Phi) is 5.36. The van der Waals surface area contributed by atoms with Crippen LogP contribution >= 0.6 is 23.2 Å². The number of anilines is 1. The molecular weight excluding hydrogens is 419 g/mol. The summed E-state index contributed by atoms with van der Waals surface area (Å²) in [6, 6.07) is 5.14. The minimum atomic E-state index is -0.824. The number of fused-ring (bicyclic) bond motifs is 2. The van der Waals surface area contributed by atoms with Crippen molar-refractivity contribution < 1.29 is 13.6 Å². The van der Waals surface area contributed by atoms with Gasteiger partial charge in [0.2, 0.25) is 0 Å². The topological polar surface area (TPSA) is 45.2 Å². The van der Waals surface area contributed by atoms with Gasteiger partial charge >= 0.3 is 0 Å². The fraction of sp³-hybridized carbons (Fsp3) is 0.333. The molecule has 4 rings (SSSR count). The summed E-state index contributed by atoms with van der Waals surface area (Å²) in [5.41, 5.74) is 0.899. The van der Waals surface area contributed by atoms with Gasteiger partial charge in [0.05, 0.1) is 11.6 Å². The monoisotopic (exact) mass is 437 g/mol. The van der Waals surface area contributed by atoms with Crippen LogP contribution in [-0.2, 0) is 5.41 Å².